The zero-order valence-electron chi connectivity index (χ0n) is 17.7. The van der Waals surface area contributed by atoms with Gasteiger partial charge in [0.2, 0.25) is 5.95 Å². The number of hydrogen-bond donors (Lipinski definition) is 2. The molecule has 0 saturated heterocycles. The Balaban J connectivity index is 1.52. The largest absolute Gasteiger partial charge is 0.457 e. The maximum Gasteiger partial charge on any atom is 0.417 e. The van der Waals surface area contributed by atoms with E-state index in [2.05, 4.69) is 30.8 Å². The van der Waals surface area contributed by atoms with Gasteiger partial charge in [0.05, 0.1) is 16.1 Å². The summed E-state index contributed by atoms with van der Waals surface area (Å²) >= 11 is 5.59. The Bertz CT molecular complexity index is 1450. The van der Waals surface area contributed by atoms with E-state index in [9.17, 15) is 22.8 Å². The Labute approximate surface area is 200 Å². The van der Waals surface area contributed by atoms with E-state index in [0.717, 1.165) is 12.1 Å². The van der Waals surface area contributed by atoms with Crippen LogP contribution in [0.25, 0.3) is 11.0 Å². The number of fused-ring (bicyclic) bond motifs is 1. The summed E-state index contributed by atoms with van der Waals surface area (Å²) in [4.78, 5) is 32.2. The molecular weight excluding hydrogens is 489 g/mol. The van der Waals surface area contributed by atoms with Crippen LogP contribution in [0.5, 0.6) is 11.5 Å². The van der Waals surface area contributed by atoms with Gasteiger partial charge >= 0.3 is 6.18 Å². The number of rotatable bonds is 5. The first kappa shape index (κ1) is 23.8. The molecule has 35 heavy (non-hydrogen) atoms. The van der Waals surface area contributed by atoms with Crippen LogP contribution < -0.4 is 15.4 Å². The lowest BCUT2D eigenvalue weighted by Gasteiger charge is -2.11. The third-order valence-electron chi connectivity index (χ3n) is 4.61. The van der Waals surface area contributed by atoms with Crippen molar-refractivity contribution in [3.63, 3.8) is 0 Å². The van der Waals surface area contributed by atoms with E-state index < -0.39 is 22.7 Å². The molecule has 4 aromatic rings. The highest BCUT2D eigenvalue weighted by atomic mass is 35.5. The molecule has 0 aliphatic carbocycles. The van der Waals surface area contributed by atoms with Crippen molar-refractivity contribution in [2.45, 2.75) is 6.18 Å². The van der Waals surface area contributed by atoms with Gasteiger partial charge in [-0.25, -0.2) is 4.98 Å². The molecule has 178 valence electrons. The van der Waals surface area contributed by atoms with Crippen molar-refractivity contribution in [1.82, 2.24) is 25.5 Å². The Hall–Kier alpha value is -4.32. The fraction of sp³-hybridized carbons (Fsp3) is 0.0909. The molecule has 0 fully saturated rings. The Morgan fingerprint density at radius 2 is 1.71 bits per heavy atom. The van der Waals surface area contributed by atoms with Gasteiger partial charge in [0.25, 0.3) is 11.8 Å². The molecule has 0 bridgehead atoms. The van der Waals surface area contributed by atoms with Crippen molar-refractivity contribution in [2.24, 2.45) is 0 Å². The fourth-order valence-corrected chi connectivity index (χ4v) is 3.18. The smallest absolute Gasteiger partial charge is 0.417 e. The number of alkyl halides is 3. The number of nitrogens with one attached hydrogen (secondary N) is 2. The molecule has 0 aliphatic heterocycles. The summed E-state index contributed by atoms with van der Waals surface area (Å²) in [5.41, 5.74) is -0.561. The lowest BCUT2D eigenvalue weighted by atomic mass is 10.1. The van der Waals surface area contributed by atoms with Gasteiger partial charge in [0.15, 0.2) is 0 Å². The van der Waals surface area contributed by atoms with Crippen molar-refractivity contribution < 1.29 is 27.5 Å². The fourth-order valence-electron chi connectivity index (χ4n) is 2.95. The molecule has 2 N–H and O–H groups in total. The zero-order valence-corrected chi connectivity index (χ0v) is 18.5. The van der Waals surface area contributed by atoms with E-state index >= 15 is 0 Å². The highest BCUT2D eigenvalue weighted by molar-refractivity contribution is 6.31. The summed E-state index contributed by atoms with van der Waals surface area (Å²) in [5, 5.41) is 12.0. The number of benzene rings is 2. The molecule has 2 aromatic heterocycles. The van der Waals surface area contributed by atoms with Crippen molar-refractivity contribution in [1.29, 1.82) is 0 Å². The van der Waals surface area contributed by atoms with Crippen LogP contribution in [0.1, 0.15) is 26.4 Å². The summed E-state index contributed by atoms with van der Waals surface area (Å²) in [6, 6.07) is 10.5. The van der Waals surface area contributed by atoms with Gasteiger partial charge in [-0.15, -0.1) is 10.2 Å². The predicted molar refractivity (Wildman–Crippen MR) is 119 cm³/mol. The minimum atomic E-state index is -4.71. The number of carbonyl (C=O) groups is 2. The Morgan fingerprint density at radius 3 is 2.46 bits per heavy atom. The lowest BCUT2D eigenvalue weighted by Crippen LogP contribution is -2.18. The molecule has 0 aliphatic rings. The highest BCUT2D eigenvalue weighted by Gasteiger charge is 2.33. The first-order chi connectivity index (χ1) is 16.6. The van der Waals surface area contributed by atoms with Crippen LogP contribution in [-0.4, -0.2) is 39.0 Å². The normalized spacial score (nSPS) is 11.2. The van der Waals surface area contributed by atoms with Crippen LogP contribution in [0, 0.1) is 0 Å². The Kier molecular flexibility index (Phi) is 6.47. The van der Waals surface area contributed by atoms with Crippen molar-refractivity contribution >= 4 is 40.4 Å². The van der Waals surface area contributed by atoms with Gasteiger partial charge in [0.1, 0.15) is 22.7 Å². The molecule has 9 nitrogen and oxygen atoms in total. The van der Waals surface area contributed by atoms with Crippen LogP contribution in [0.3, 0.4) is 0 Å². The van der Waals surface area contributed by atoms with Gasteiger partial charge in [-0.2, -0.15) is 13.2 Å². The van der Waals surface area contributed by atoms with Gasteiger partial charge in [-0.3, -0.25) is 19.9 Å². The number of amides is 2. The molecule has 13 heteroatoms. The molecule has 0 atom stereocenters. The molecule has 0 saturated carbocycles. The van der Waals surface area contributed by atoms with Crippen LogP contribution in [0.15, 0.2) is 54.7 Å². The van der Waals surface area contributed by atoms with Crippen molar-refractivity contribution in [3.05, 3.63) is 76.6 Å². The van der Waals surface area contributed by atoms with E-state index in [4.69, 9.17) is 16.3 Å². The molecule has 4 rings (SSSR count). The van der Waals surface area contributed by atoms with Crippen molar-refractivity contribution in [3.8, 4) is 11.5 Å². The van der Waals surface area contributed by atoms with Gasteiger partial charge < -0.3 is 10.1 Å². The number of pyridine rings is 1. The molecule has 0 spiro atoms. The van der Waals surface area contributed by atoms with E-state index in [1.165, 1.54) is 25.4 Å². The zero-order chi connectivity index (χ0) is 25.2. The van der Waals surface area contributed by atoms with E-state index in [1.807, 2.05) is 0 Å². The molecule has 2 aromatic carbocycles. The minimum Gasteiger partial charge on any atom is -0.457 e. The van der Waals surface area contributed by atoms with Crippen LogP contribution in [0.2, 0.25) is 5.02 Å². The number of nitrogens with zero attached hydrogens (tertiary/aromatic N) is 4. The molecular formula is C22H14ClF3N6O3. The van der Waals surface area contributed by atoms with Crippen LogP contribution in [0.4, 0.5) is 19.1 Å². The monoisotopic (exact) mass is 502 g/mol. The summed E-state index contributed by atoms with van der Waals surface area (Å²) in [7, 11) is 1.48. The standard InChI is InChI=1S/C22H14ClF3N6O3/c1-27-20(34)18-10-13(6-7-28-18)35-12-3-5-16-17(9-12)31-32-21(29-16)30-19(33)11-2-4-15(23)14(8-11)22(24,25)26/h2-10H,1H3,(H,27,34)(H,29,30,32,33). The van der Waals surface area contributed by atoms with E-state index in [0.29, 0.717) is 28.6 Å². The molecule has 2 heterocycles. The van der Waals surface area contributed by atoms with E-state index in [1.54, 1.807) is 18.2 Å². The van der Waals surface area contributed by atoms with E-state index in [-0.39, 0.29) is 23.1 Å². The van der Waals surface area contributed by atoms with Crippen LogP contribution in [-0.2, 0) is 6.18 Å². The summed E-state index contributed by atoms with van der Waals surface area (Å²) < 4.78 is 44.9. The first-order valence-corrected chi connectivity index (χ1v) is 10.2. The number of ether oxygens (including phenoxy) is 1. The number of hydrogen-bond acceptors (Lipinski definition) is 7. The summed E-state index contributed by atoms with van der Waals surface area (Å²) in [6.45, 7) is 0. The number of carbonyl (C=O) groups excluding carboxylic acids is 2. The van der Waals surface area contributed by atoms with Gasteiger partial charge in [0, 0.05) is 30.9 Å². The predicted octanol–water partition coefficient (Wildman–Crippen LogP) is 4.50. The van der Waals surface area contributed by atoms with Crippen molar-refractivity contribution in [2.75, 3.05) is 12.4 Å². The topological polar surface area (TPSA) is 119 Å². The second-order valence-corrected chi connectivity index (χ2v) is 7.40. The number of halogens is 4. The minimum absolute atomic E-state index is 0.177. The maximum absolute atomic E-state index is 13.1. The van der Waals surface area contributed by atoms with Crippen LogP contribution >= 0.6 is 11.6 Å². The third-order valence-corrected chi connectivity index (χ3v) is 4.94. The van der Waals surface area contributed by atoms with Gasteiger partial charge in [-0.05, 0) is 36.4 Å². The quantitative estimate of drug-likeness (QED) is 0.412. The number of aromatic nitrogens is 4. The average molecular weight is 503 g/mol. The molecule has 0 radical (unpaired) electrons. The molecule has 0 unspecified atom stereocenters. The SMILES string of the molecule is CNC(=O)c1cc(Oc2ccc3nc(NC(=O)c4ccc(Cl)c(C(F)(F)F)c4)nnc3c2)ccn1. The Morgan fingerprint density at radius 1 is 0.943 bits per heavy atom. The second kappa shape index (κ2) is 9.50. The van der Waals surface area contributed by atoms with Gasteiger partial charge in [-0.1, -0.05) is 11.6 Å². The molecule has 2 amide bonds. The lowest BCUT2D eigenvalue weighted by molar-refractivity contribution is -0.137. The first-order valence-electron chi connectivity index (χ1n) is 9.82. The number of anilines is 1. The summed E-state index contributed by atoms with van der Waals surface area (Å²) in [6.07, 6.45) is -3.29. The summed E-state index contributed by atoms with van der Waals surface area (Å²) in [5.74, 6) is -0.696. The average Bonchev–Trinajstić information content (AvgIpc) is 2.83. The highest BCUT2D eigenvalue weighted by Crippen LogP contribution is 2.35. The third kappa shape index (κ3) is 5.44. The maximum atomic E-state index is 13.1. The second-order valence-electron chi connectivity index (χ2n) is 6.99.